The number of rotatable bonds is 2. The molecule has 1 aromatic carbocycles. The Bertz CT molecular complexity index is 548. The second-order valence-electron chi connectivity index (χ2n) is 3.27. The summed E-state index contributed by atoms with van der Waals surface area (Å²) in [5.74, 6) is -1.06. The van der Waals surface area contributed by atoms with Gasteiger partial charge in [-0.1, -0.05) is 17.3 Å². The Morgan fingerprint density at radius 3 is 2.65 bits per heavy atom. The third kappa shape index (κ3) is 1.96. The highest BCUT2D eigenvalue weighted by atomic mass is 19.1. The van der Waals surface area contributed by atoms with Crippen LogP contribution in [0.2, 0.25) is 0 Å². The maximum absolute atomic E-state index is 12.8. The van der Waals surface area contributed by atoms with Gasteiger partial charge in [-0.25, -0.2) is 9.18 Å². The lowest BCUT2D eigenvalue weighted by molar-refractivity contribution is 0.0590. The number of hydrogen-bond acceptors (Lipinski definition) is 5. The maximum atomic E-state index is 12.8. The minimum Gasteiger partial charge on any atom is -0.464 e. The molecule has 17 heavy (non-hydrogen) atoms. The molecule has 0 spiro atoms. The molecule has 0 aliphatic heterocycles. The first-order valence-corrected chi connectivity index (χ1v) is 4.73. The molecule has 2 rings (SSSR count). The summed E-state index contributed by atoms with van der Waals surface area (Å²) >= 11 is 0. The van der Waals surface area contributed by atoms with Crippen molar-refractivity contribution in [1.29, 1.82) is 0 Å². The van der Waals surface area contributed by atoms with Gasteiger partial charge in [0.05, 0.1) is 12.7 Å². The molecule has 5 nitrogen and oxygen atoms in total. The molecule has 1 aromatic heterocycles. The lowest BCUT2D eigenvalue weighted by atomic mass is 10.1. The first-order chi connectivity index (χ1) is 8.13. The van der Waals surface area contributed by atoms with E-state index >= 15 is 0 Å². The first kappa shape index (κ1) is 11.1. The molecule has 0 saturated carbocycles. The van der Waals surface area contributed by atoms with Crippen molar-refractivity contribution in [3.63, 3.8) is 0 Å². The minimum absolute atomic E-state index is 0.0167. The fraction of sp³-hybridized carbons (Fsp3) is 0.0909. The van der Waals surface area contributed by atoms with Crippen LogP contribution in [0.25, 0.3) is 11.1 Å². The topological polar surface area (TPSA) is 78.3 Å². The van der Waals surface area contributed by atoms with Crippen molar-refractivity contribution in [3.8, 4) is 11.1 Å². The van der Waals surface area contributed by atoms with Crippen LogP contribution in [0, 0.1) is 5.82 Å². The SMILES string of the molecule is COC(=O)c1noc(N)c1-c1ccc(F)cc1. The summed E-state index contributed by atoms with van der Waals surface area (Å²) < 4.78 is 22.1. The summed E-state index contributed by atoms with van der Waals surface area (Å²) in [6.07, 6.45) is 0. The zero-order chi connectivity index (χ0) is 12.4. The highest BCUT2D eigenvalue weighted by molar-refractivity contribution is 5.97. The average Bonchev–Trinajstić information content (AvgIpc) is 2.71. The summed E-state index contributed by atoms with van der Waals surface area (Å²) in [5, 5.41) is 3.52. The largest absolute Gasteiger partial charge is 0.464 e. The van der Waals surface area contributed by atoms with E-state index in [1.165, 1.54) is 31.4 Å². The molecule has 0 atom stereocenters. The zero-order valence-corrected chi connectivity index (χ0v) is 8.94. The minimum atomic E-state index is -0.662. The van der Waals surface area contributed by atoms with E-state index < -0.39 is 5.97 Å². The number of benzene rings is 1. The Labute approximate surface area is 96.0 Å². The van der Waals surface area contributed by atoms with E-state index in [9.17, 15) is 9.18 Å². The maximum Gasteiger partial charge on any atom is 0.361 e. The van der Waals surface area contributed by atoms with Gasteiger partial charge in [0.25, 0.3) is 0 Å². The van der Waals surface area contributed by atoms with Crippen molar-refractivity contribution >= 4 is 11.9 Å². The van der Waals surface area contributed by atoms with Crippen LogP contribution in [0.4, 0.5) is 10.3 Å². The van der Waals surface area contributed by atoms with E-state index in [4.69, 9.17) is 10.3 Å². The molecule has 0 aliphatic rings. The van der Waals surface area contributed by atoms with Crippen LogP contribution in [-0.4, -0.2) is 18.2 Å². The number of nitrogen functional groups attached to an aromatic ring is 1. The van der Waals surface area contributed by atoms with E-state index in [0.717, 1.165) is 0 Å². The fourth-order valence-corrected chi connectivity index (χ4v) is 1.43. The number of esters is 1. The second-order valence-corrected chi connectivity index (χ2v) is 3.27. The van der Waals surface area contributed by atoms with E-state index in [1.807, 2.05) is 0 Å². The number of ether oxygens (including phenoxy) is 1. The van der Waals surface area contributed by atoms with Gasteiger partial charge in [-0.3, -0.25) is 0 Å². The number of halogens is 1. The number of nitrogens with zero attached hydrogens (tertiary/aromatic N) is 1. The van der Waals surface area contributed by atoms with Crippen molar-refractivity contribution in [2.45, 2.75) is 0 Å². The van der Waals surface area contributed by atoms with Gasteiger partial charge in [-0.2, -0.15) is 0 Å². The van der Waals surface area contributed by atoms with E-state index in [1.54, 1.807) is 0 Å². The van der Waals surface area contributed by atoms with Crippen LogP contribution in [-0.2, 0) is 4.74 Å². The van der Waals surface area contributed by atoms with Crippen molar-refractivity contribution in [2.75, 3.05) is 12.8 Å². The van der Waals surface area contributed by atoms with Crippen molar-refractivity contribution < 1.29 is 18.4 Å². The van der Waals surface area contributed by atoms with Gasteiger partial charge in [0.15, 0.2) is 0 Å². The summed E-state index contributed by atoms with van der Waals surface area (Å²) in [5.41, 5.74) is 6.38. The number of aromatic nitrogens is 1. The van der Waals surface area contributed by atoms with E-state index in [0.29, 0.717) is 11.1 Å². The van der Waals surface area contributed by atoms with E-state index in [-0.39, 0.29) is 17.4 Å². The predicted octanol–water partition coefficient (Wildman–Crippen LogP) is 1.85. The summed E-state index contributed by atoms with van der Waals surface area (Å²) in [6, 6.07) is 5.46. The van der Waals surface area contributed by atoms with Crippen LogP contribution < -0.4 is 5.73 Å². The first-order valence-electron chi connectivity index (χ1n) is 4.73. The summed E-state index contributed by atoms with van der Waals surface area (Å²) in [4.78, 5) is 11.4. The van der Waals surface area contributed by atoms with Crippen LogP contribution in [0.15, 0.2) is 28.8 Å². The zero-order valence-electron chi connectivity index (χ0n) is 8.94. The van der Waals surface area contributed by atoms with Crippen LogP contribution >= 0.6 is 0 Å². The normalized spacial score (nSPS) is 10.2. The lowest BCUT2D eigenvalue weighted by Gasteiger charge is -2.00. The molecule has 2 N–H and O–H groups in total. The Morgan fingerprint density at radius 2 is 2.06 bits per heavy atom. The van der Waals surface area contributed by atoms with Gasteiger partial charge in [-0.05, 0) is 17.7 Å². The van der Waals surface area contributed by atoms with Crippen LogP contribution in [0.3, 0.4) is 0 Å². The van der Waals surface area contributed by atoms with Gasteiger partial charge < -0.3 is 15.0 Å². The molecule has 0 fully saturated rings. The smallest absolute Gasteiger partial charge is 0.361 e. The third-order valence-corrected chi connectivity index (χ3v) is 2.23. The number of carbonyl (C=O) groups excluding carboxylic acids is 1. The van der Waals surface area contributed by atoms with Gasteiger partial charge in [-0.15, -0.1) is 0 Å². The molecule has 0 aliphatic carbocycles. The second kappa shape index (κ2) is 4.25. The quantitative estimate of drug-likeness (QED) is 0.805. The highest BCUT2D eigenvalue weighted by Gasteiger charge is 2.22. The van der Waals surface area contributed by atoms with Gasteiger partial charge in [0, 0.05) is 0 Å². The number of methoxy groups -OCH3 is 1. The molecule has 1 heterocycles. The van der Waals surface area contributed by atoms with Gasteiger partial charge >= 0.3 is 5.97 Å². The monoisotopic (exact) mass is 236 g/mol. The van der Waals surface area contributed by atoms with Crippen LogP contribution in [0.1, 0.15) is 10.5 Å². The van der Waals surface area contributed by atoms with Crippen LogP contribution in [0.5, 0.6) is 0 Å². The molecule has 6 heteroatoms. The molecular formula is C11H9FN2O3. The molecule has 0 unspecified atom stereocenters. The summed E-state index contributed by atoms with van der Waals surface area (Å²) in [7, 11) is 1.22. The Hall–Kier alpha value is -2.37. The van der Waals surface area contributed by atoms with Gasteiger partial charge in [0.1, 0.15) is 5.82 Å². The molecule has 0 bridgehead atoms. The Kier molecular flexibility index (Phi) is 2.78. The molecule has 0 radical (unpaired) electrons. The lowest BCUT2D eigenvalue weighted by Crippen LogP contribution is -2.03. The van der Waals surface area contributed by atoms with Gasteiger partial charge in [0.2, 0.25) is 11.6 Å². The molecule has 0 saturated heterocycles. The summed E-state index contributed by atoms with van der Waals surface area (Å²) in [6.45, 7) is 0. The van der Waals surface area contributed by atoms with Crippen molar-refractivity contribution in [2.24, 2.45) is 0 Å². The van der Waals surface area contributed by atoms with E-state index in [2.05, 4.69) is 9.89 Å². The third-order valence-electron chi connectivity index (χ3n) is 2.23. The Morgan fingerprint density at radius 1 is 1.41 bits per heavy atom. The Balaban J connectivity index is 2.54. The standard InChI is InChI=1S/C11H9FN2O3/c1-16-11(15)9-8(10(13)17-14-9)6-2-4-7(12)5-3-6/h2-5H,13H2,1H3. The predicted molar refractivity (Wildman–Crippen MR) is 57.6 cm³/mol. The number of anilines is 1. The average molecular weight is 236 g/mol. The fourth-order valence-electron chi connectivity index (χ4n) is 1.43. The van der Waals surface area contributed by atoms with Crippen molar-refractivity contribution in [3.05, 3.63) is 35.8 Å². The molecule has 88 valence electrons. The highest BCUT2D eigenvalue weighted by Crippen LogP contribution is 2.30. The van der Waals surface area contributed by atoms with Crippen molar-refractivity contribution in [1.82, 2.24) is 5.16 Å². The number of carbonyl (C=O) groups is 1. The molecule has 0 amide bonds. The number of hydrogen-bond donors (Lipinski definition) is 1. The molecular weight excluding hydrogens is 227 g/mol. The number of nitrogens with two attached hydrogens (primary N) is 1. The molecule has 2 aromatic rings.